The largest absolute Gasteiger partial charge is 0.394 e. The molecule has 172 valence electrons. The summed E-state index contributed by atoms with van der Waals surface area (Å²) in [5.41, 5.74) is 8.21. The van der Waals surface area contributed by atoms with Gasteiger partial charge >= 0.3 is 0 Å². The van der Waals surface area contributed by atoms with E-state index in [1.807, 2.05) is 6.20 Å². The zero-order chi connectivity index (χ0) is 21.6. The molecule has 3 N–H and O–H groups in total. The van der Waals surface area contributed by atoms with E-state index in [-0.39, 0.29) is 11.5 Å². The number of aliphatic hydroxyl groups excluding tert-OH is 1. The molecule has 7 unspecified atom stereocenters. The molecule has 0 aromatic carbocycles. The summed E-state index contributed by atoms with van der Waals surface area (Å²) < 4.78 is 1.76. The van der Waals surface area contributed by atoms with Crippen LogP contribution in [0.5, 0.6) is 0 Å². The highest BCUT2D eigenvalue weighted by molar-refractivity contribution is 5.85. The number of aromatic nitrogens is 3. The van der Waals surface area contributed by atoms with Gasteiger partial charge in [0, 0.05) is 12.7 Å². The second-order valence-electron chi connectivity index (χ2n) is 11.2. The maximum absolute atomic E-state index is 10.7. The molecule has 5 rings (SSSR count). The molecule has 4 fully saturated rings. The summed E-state index contributed by atoms with van der Waals surface area (Å²) in [6.45, 7) is 6.50. The number of nitrogens with two attached hydrogens (primary N) is 1. The van der Waals surface area contributed by atoms with Gasteiger partial charge in [0.25, 0.3) is 0 Å². The summed E-state index contributed by atoms with van der Waals surface area (Å²) in [4.78, 5) is 5.66. The molecular weight excluding hydrogens is 390 g/mol. The van der Waals surface area contributed by atoms with Gasteiger partial charge < -0.3 is 15.7 Å². The molecule has 7 nitrogen and oxygen atoms in total. The molecule has 0 amide bonds. The van der Waals surface area contributed by atoms with E-state index in [0.717, 1.165) is 48.6 Å². The Kier molecular flexibility index (Phi) is 5.62. The van der Waals surface area contributed by atoms with E-state index in [1.54, 1.807) is 4.68 Å². The van der Waals surface area contributed by atoms with E-state index in [9.17, 15) is 5.11 Å². The number of hydrogen-bond acceptors (Lipinski definition) is 6. The van der Waals surface area contributed by atoms with Crippen molar-refractivity contribution in [3.05, 3.63) is 11.9 Å². The third-order valence-electron chi connectivity index (χ3n) is 9.85. The summed E-state index contributed by atoms with van der Waals surface area (Å²) in [5.74, 6) is 3.09. The fourth-order valence-corrected chi connectivity index (χ4v) is 7.93. The predicted octanol–water partition coefficient (Wildman–Crippen LogP) is 3.51. The smallest absolute Gasteiger partial charge is 0.136 e. The summed E-state index contributed by atoms with van der Waals surface area (Å²) in [6.07, 6.45) is 12.6. The van der Waals surface area contributed by atoms with Crippen LogP contribution in [-0.4, -0.2) is 38.5 Å². The van der Waals surface area contributed by atoms with E-state index < -0.39 is 0 Å². The van der Waals surface area contributed by atoms with Crippen LogP contribution in [0.2, 0.25) is 0 Å². The predicted molar refractivity (Wildman–Crippen MR) is 119 cm³/mol. The fraction of sp³-hybridized carbons (Fsp3) is 0.875. The first-order chi connectivity index (χ1) is 14.9. The lowest BCUT2D eigenvalue weighted by atomic mass is 9.45. The molecule has 7 atom stereocenters. The van der Waals surface area contributed by atoms with Crippen LogP contribution >= 0.6 is 0 Å². The molecule has 0 saturated heterocycles. The molecule has 0 radical (unpaired) electrons. The molecule has 7 heteroatoms. The van der Waals surface area contributed by atoms with Crippen LogP contribution in [0.25, 0.3) is 0 Å². The Morgan fingerprint density at radius 2 is 2.00 bits per heavy atom. The minimum absolute atomic E-state index is 0.0781. The van der Waals surface area contributed by atoms with Crippen molar-refractivity contribution in [3.8, 4) is 0 Å². The van der Waals surface area contributed by atoms with Crippen LogP contribution in [0.1, 0.15) is 77.3 Å². The van der Waals surface area contributed by atoms with Crippen LogP contribution in [0.4, 0.5) is 0 Å². The van der Waals surface area contributed by atoms with Gasteiger partial charge in [-0.3, -0.25) is 0 Å². The number of rotatable bonds is 5. The first kappa shape index (κ1) is 21.4. The van der Waals surface area contributed by atoms with Crippen LogP contribution < -0.4 is 5.73 Å². The van der Waals surface area contributed by atoms with E-state index in [2.05, 4.69) is 29.3 Å². The highest BCUT2D eigenvalue weighted by Crippen LogP contribution is 2.65. The van der Waals surface area contributed by atoms with Crippen molar-refractivity contribution in [1.29, 1.82) is 0 Å². The molecule has 1 aromatic rings. The van der Waals surface area contributed by atoms with Crippen LogP contribution in [-0.2, 0) is 17.9 Å². The molecule has 0 spiro atoms. The molecule has 0 bridgehead atoms. The standard InChI is InChI=1S/C24H39N5O2/c1-23-9-7-17(27-31-12-11-29-15-18(14-25)26-28-29)13-16(23)3-4-19-20-5-6-22(30)24(20,2)10-8-21(19)23/h15-16,19-22,30H,3-14,25H2,1-2H3. The van der Waals surface area contributed by atoms with Gasteiger partial charge in [-0.2, -0.15) is 0 Å². The maximum atomic E-state index is 10.7. The Morgan fingerprint density at radius 1 is 1.16 bits per heavy atom. The lowest BCUT2D eigenvalue weighted by molar-refractivity contribution is -0.112. The van der Waals surface area contributed by atoms with Crippen LogP contribution in [0.15, 0.2) is 11.4 Å². The van der Waals surface area contributed by atoms with Gasteiger partial charge in [0.1, 0.15) is 6.61 Å². The Labute approximate surface area is 185 Å². The molecule has 31 heavy (non-hydrogen) atoms. The van der Waals surface area contributed by atoms with Crippen molar-refractivity contribution < 1.29 is 9.94 Å². The highest BCUT2D eigenvalue weighted by atomic mass is 16.6. The topological polar surface area (TPSA) is 98.6 Å². The van der Waals surface area contributed by atoms with Gasteiger partial charge in [-0.15, -0.1) is 5.10 Å². The Hall–Kier alpha value is -1.47. The molecule has 0 aliphatic heterocycles. The third-order valence-corrected chi connectivity index (χ3v) is 9.85. The van der Waals surface area contributed by atoms with E-state index in [4.69, 9.17) is 10.6 Å². The lowest BCUT2D eigenvalue weighted by Crippen LogP contribution is -2.54. The summed E-state index contributed by atoms with van der Waals surface area (Å²) in [6, 6.07) is 0. The number of nitrogens with zero attached hydrogens (tertiary/aromatic N) is 4. The van der Waals surface area contributed by atoms with Gasteiger partial charge in [-0.25, -0.2) is 4.68 Å². The minimum Gasteiger partial charge on any atom is -0.394 e. The third kappa shape index (κ3) is 3.62. The van der Waals surface area contributed by atoms with Crippen molar-refractivity contribution in [2.24, 2.45) is 45.4 Å². The summed E-state index contributed by atoms with van der Waals surface area (Å²) in [7, 11) is 0. The zero-order valence-electron chi connectivity index (χ0n) is 19.2. The number of oxime groups is 1. The Balaban J connectivity index is 1.19. The van der Waals surface area contributed by atoms with Crippen molar-refractivity contribution in [2.75, 3.05) is 6.61 Å². The van der Waals surface area contributed by atoms with Crippen LogP contribution in [0, 0.1) is 34.5 Å². The average Bonchev–Trinajstić information content (AvgIpc) is 3.35. The lowest BCUT2D eigenvalue weighted by Gasteiger charge is -2.60. The first-order valence-corrected chi connectivity index (χ1v) is 12.4. The fourth-order valence-electron chi connectivity index (χ4n) is 7.93. The summed E-state index contributed by atoms with van der Waals surface area (Å²) >= 11 is 0. The quantitative estimate of drug-likeness (QED) is 0.551. The monoisotopic (exact) mass is 429 g/mol. The molecule has 4 saturated carbocycles. The second-order valence-corrected chi connectivity index (χ2v) is 11.2. The highest BCUT2D eigenvalue weighted by Gasteiger charge is 2.59. The van der Waals surface area contributed by atoms with E-state index >= 15 is 0 Å². The number of fused-ring (bicyclic) bond motifs is 5. The second kappa shape index (κ2) is 8.14. The number of aliphatic hydroxyl groups is 1. The van der Waals surface area contributed by atoms with Gasteiger partial charge in [0.05, 0.1) is 24.1 Å². The minimum atomic E-state index is -0.0781. The molecule has 4 aliphatic carbocycles. The Morgan fingerprint density at radius 3 is 2.81 bits per heavy atom. The molecular formula is C24H39N5O2. The van der Waals surface area contributed by atoms with Gasteiger partial charge in [-0.05, 0) is 92.3 Å². The first-order valence-electron chi connectivity index (χ1n) is 12.4. The van der Waals surface area contributed by atoms with Gasteiger partial charge in [0.2, 0.25) is 0 Å². The Bertz CT molecular complexity index is 825. The SMILES string of the molecule is CC12CCC3C(CCC4CC(=NOCCn5cc(CN)nn5)CCC43C)C1CCC2O. The summed E-state index contributed by atoms with van der Waals surface area (Å²) in [5, 5.41) is 23.2. The van der Waals surface area contributed by atoms with Crippen molar-refractivity contribution in [3.63, 3.8) is 0 Å². The van der Waals surface area contributed by atoms with Gasteiger partial charge in [0.15, 0.2) is 0 Å². The number of hydrogen-bond donors (Lipinski definition) is 2. The maximum Gasteiger partial charge on any atom is 0.136 e. The molecule has 4 aliphatic rings. The zero-order valence-corrected chi connectivity index (χ0v) is 19.2. The van der Waals surface area contributed by atoms with Gasteiger partial charge in [-0.1, -0.05) is 24.2 Å². The van der Waals surface area contributed by atoms with Crippen molar-refractivity contribution >= 4 is 5.71 Å². The van der Waals surface area contributed by atoms with Crippen molar-refractivity contribution in [1.82, 2.24) is 15.0 Å². The molecule has 1 aromatic heterocycles. The van der Waals surface area contributed by atoms with Crippen LogP contribution in [0.3, 0.4) is 0 Å². The van der Waals surface area contributed by atoms with Crippen molar-refractivity contribution in [2.45, 2.75) is 90.8 Å². The normalized spacial score (nSPS) is 43.4. The average molecular weight is 430 g/mol. The van der Waals surface area contributed by atoms with E-state index in [1.165, 1.54) is 44.2 Å². The molecule has 1 heterocycles. The van der Waals surface area contributed by atoms with E-state index in [0.29, 0.717) is 25.1 Å².